The van der Waals surface area contributed by atoms with E-state index >= 15 is 0 Å². The van der Waals surface area contributed by atoms with Gasteiger partial charge in [0.2, 0.25) is 0 Å². The Morgan fingerprint density at radius 1 is 1.62 bits per heavy atom. The smallest absolute Gasteiger partial charge is 0.129 e. The molecule has 0 aliphatic heterocycles. The van der Waals surface area contributed by atoms with Gasteiger partial charge in [-0.05, 0) is 19.1 Å². The summed E-state index contributed by atoms with van der Waals surface area (Å²) in [6, 6.07) is 3.62. The Kier molecular flexibility index (Phi) is 1.98. The number of hydrogen-bond donors (Lipinski definition) is 1. The number of fused-ring (bicyclic) bond motifs is 1. The predicted molar refractivity (Wildman–Crippen MR) is 52.8 cm³/mol. The van der Waals surface area contributed by atoms with E-state index in [1.165, 1.54) is 0 Å². The van der Waals surface area contributed by atoms with Crippen LogP contribution in [0.25, 0.3) is 5.52 Å². The molecule has 2 aromatic rings. The quantitative estimate of drug-likeness (QED) is 0.757. The van der Waals surface area contributed by atoms with Crippen molar-refractivity contribution in [3.63, 3.8) is 0 Å². The Bertz CT molecular complexity index is 433. The minimum atomic E-state index is -0.0660. The van der Waals surface area contributed by atoms with E-state index in [1.807, 2.05) is 29.7 Å². The minimum absolute atomic E-state index is 0.0660. The van der Waals surface area contributed by atoms with Crippen molar-refractivity contribution in [3.05, 3.63) is 35.4 Å². The van der Waals surface area contributed by atoms with Crippen molar-refractivity contribution >= 4 is 17.1 Å². The SMILES string of the molecule is CC(N)c1ncc2cc(Cl)ccn12. The highest BCUT2D eigenvalue weighted by atomic mass is 35.5. The van der Waals surface area contributed by atoms with Gasteiger partial charge in [-0.1, -0.05) is 11.6 Å². The molecule has 0 aliphatic carbocycles. The first-order chi connectivity index (χ1) is 6.18. The molecule has 3 nitrogen and oxygen atoms in total. The standard InChI is InChI=1S/C9H10ClN3/c1-6(11)9-12-5-8-4-7(10)2-3-13(8)9/h2-6H,11H2,1H3. The molecular weight excluding hydrogens is 186 g/mol. The first-order valence-electron chi connectivity index (χ1n) is 4.06. The van der Waals surface area contributed by atoms with Gasteiger partial charge in [0.15, 0.2) is 0 Å². The monoisotopic (exact) mass is 195 g/mol. The van der Waals surface area contributed by atoms with Crippen LogP contribution < -0.4 is 5.73 Å². The Hall–Kier alpha value is -1.06. The zero-order valence-electron chi connectivity index (χ0n) is 7.24. The van der Waals surface area contributed by atoms with E-state index in [2.05, 4.69) is 4.98 Å². The average molecular weight is 196 g/mol. The summed E-state index contributed by atoms with van der Waals surface area (Å²) in [5.41, 5.74) is 6.72. The van der Waals surface area contributed by atoms with Gasteiger partial charge in [0, 0.05) is 11.2 Å². The molecule has 0 amide bonds. The zero-order chi connectivity index (χ0) is 9.42. The summed E-state index contributed by atoms with van der Waals surface area (Å²) < 4.78 is 1.94. The molecule has 2 aromatic heterocycles. The third kappa shape index (κ3) is 1.41. The van der Waals surface area contributed by atoms with Gasteiger partial charge in [-0.15, -0.1) is 0 Å². The van der Waals surface area contributed by atoms with Crippen molar-refractivity contribution in [3.8, 4) is 0 Å². The lowest BCUT2D eigenvalue weighted by atomic mass is 10.3. The van der Waals surface area contributed by atoms with E-state index in [4.69, 9.17) is 17.3 Å². The molecule has 0 fully saturated rings. The van der Waals surface area contributed by atoms with Crippen molar-refractivity contribution < 1.29 is 0 Å². The van der Waals surface area contributed by atoms with Crippen LogP contribution in [0.1, 0.15) is 18.8 Å². The third-order valence-electron chi connectivity index (χ3n) is 1.93. The highest BCUT2D eigenvalue weighted by Gasteiger charge is 2.06. The fraction of sp³-hybridized carbons (Fsp3) is 0.222. The van der Waals surface area contributed by atoms with Crippen molar-refractivity contribution in [1.29, 1.82) is 0 Å². The van der Waals surface area contributed by atoms with E-state index in [0.29, 0.717) is 5.02 Å². The normalized spacial score (nSPS) is 13.5. The van der Waals surface area contributed by atoms with Gasteiger partial charge >= 0.3 is 0 Å². The van der Waals surface area contributed by atoms with Gasteiger partial charge in [-0.3, -0.25) is 0 Å². The van der Waals surface area contributed by atoms with Crippen LogP contribution in [-0.2, 0) is 0 Å². The summed E-state index contributed by atoms with van der Waals surface area (Å²) in [7, 11) is 0. The molecule has 0 spiro atoms. The summed E-state index contributed by atoms with van der Waals surface area (Å²) in [5, 5.41) is 0.712. The molecule has 0 saturated heterocycles. The van der Waals surface area contributed by atoms with Gasteiger partial charge in [0.05, 0.1) is 17.8 Å². The van der Waals surface area contributed by atoms with Crippen LogP contribution in [-0.4, -0.2) is 9.38 Å². The van der Waals surface area contributed by atoms with Crippen molar-refractivity contribution in [2.75, 3.05) is 0 Å². The number of pyridine rings is 1. The molecule has 1 unspecified atom stereocenters. The average Bonchev–Trinajstić information content (AvgIpc) is 2.46. The predicted octanol–water partition coefficient (Wildman–Crippen LogP) is 2.01. The van der Waals surface area contributed by atoms with Crippen LogP contribution in [0.4, 0.5) is 0 Å². The lowest BCUT2D eigenvalue weighted by Gasteiger charge is -2.03. The molecule has 0 aromatic carbocycles. The van der Waals surface area contributed by atoms with Crippen molar-refractivity contribution in [1.82, 2.24) is 9.38 Å². The summed E-state index contributed by atoms with van der Waals surface area (Å²) in [4.78, 5) is 4.22. The summed E-state index contributed by atoms with van der Waals surface area (Å²) in [6.07, 6.45) is 3.65. The summed E-state index contributed by atoms with van der Waals surface area (Å²) in [6.45, 7) is 1.91. The number of imidazole rings is 1. The zero-order valence-corrected chi connectivity index (χ0v) is 7.99. The van der Waals surface area contributed by atoms with Crippen LogP contribution in [0.3, 0.4) is 0 Å². The van der Waals surface area contributed by atoms with E-state index < -0.39 is 0 Å². The molecule has 2 N–H and O–H groups in total. The van der Waals surface area contributed by atoms with E-state index in [-0.39, 0.29) is 6.04 Å². The van der Waals surface area contributed by atoms with Gasteiger partial charge in [-0.25, -0.2) is 4.98 Å². The highest BCUT2D eigenvalue weighted by Crippen LogP contribution is 2.16. The molecule has 2 heterocycles. The second-order valence-corrected chi connectivity index (χ2v) is 3.48. The fourth-order valence-corrected chi connectivity index (χ4v) is 1.50. The second kappa shape index (κ2) is 3.01. The molecular formula is C9H10ClN3. The van der Waals surface area contributed by atoms with Crippen LogP contribution >= 0.6 is 11.6 Å². The van der Waals surface area contributed by atoms with Crippen molar-refractivity contribution in [2.45, 2.75) is 13.0 Å². The third-order valence-corrected chi connectivity index (χ3v) is 2.17. The molecule has 0 saturated carbocycles. The molecule has 4 heteroatoms. The van der Waals surface area contributed by atoms with Crippen molar-refractivity contribution in [2.24, 2.45) is 5.73 Å². The molecule has 0 aliphatic rings. The Morgan fingerprint density at radius 3 is 3.08 bits per heavy atom. The molecule has 0 bridgehead atoms. The number of nitrogens with two attached hydrogens (primary N) is 1. The van der Waals surface area contributed by atoms with Crippen LogP contribution in [0, 0.1) is 0 Å². The highest BCUT2D eigenvalue weighted by molar-refractivity contribution is 6.30. The number of nitrogens with zero attached hydrogens (tertiary/aromatic N) is 2. The van der Waals surface area contributed by atoms with Gasteiger partial charge in [0.1, 0.15) is 5.82 Å². The maximum atomic E-state index is 5.84. The first-order valence-corrected chi connectivity index (χ1v) is 4.44. The number of hydrogen-bond acceptors (Lipinski definition) is 2. The maximum absolute atomic E-state index is 5.84. The lowest BCUT2D eigenvalue weighted by molar-refractivity contribution is 0.736. The van der Waals surface area contributed by atoms with Crippen LogP contribution in [0.15, 0.2) is 24.5 Å². The molecule has 0 radical (unpaired) electrons. The lowest BCUT2D eigenvalue weighted by Crippen LogP contribution is -2.09. The van der Waals surface area contributed by atoms with Gasteiger partial charge in [-0.2, -0.15) is 0 Å². The summed E-state index contributed by atoms with van der Waals surface area (Å²) >= 11 is 5.84. The van der Waals surface area contributed by atoms with E-state index in [1.54, 1.807) is 6.20 Å². The topological polar surface area (TPSA) is 43.3 Å². The largest absolute Gasteiger partial charge is 0.322 e. The molecule has 13 heavy (non-hydrogen) atoms. The number of aromatic nitrogens is 2. The fourth-order valence-electron chi connectivity index (χ4n) is 1.33. The van der Waals surface area contributed by atoms with Crippen LogP contribution in [0.5, 0.6) is 0 Å². The summed E-state index contributed by atoms with van der Waals surface area (Å²) in [5.74, 6) is 0.853. The van der Waals surface area contributed by atoms with E-state index in [9.17, 15) is 0 Å². The molecule has 68 valence electrons. The van der Waals surface area contributed by atoms with Gasteiger partial charge in [0.25, 0.3) is 0 Å². The number of rotatable bonds is 1. The molecule has 2 rings (SSSR count). The minimum Gasteiger partial charge on any atom is -0.322 e. The maximum Gasteiger partial charge on any atom is 0.129 e. The Labute approximate surface area is 81.1 Å². The molecule has 1 atom stereocenters. The Morgan fingerprint density at radius 2 is 2.38 bits per heavy atom. The second-order valence-electron chi connectivity index (χ2n) is 3.04. The number of halogens is 1. The van der Waals surface area contributed by atoms with E-state index in [0.717, 1.165) is 11.3 Å². The first kappa shape index (κ1) is 8.53. The van der Waals surface area contributed by atoms with Crippen LogP contribution in [0.2, 0.25) is 5.02 Å². The van der Waals surface area contributed by atoms with Gasteiger partial charge < -0.3 is 10.1 Å². The Balaban J connectivity index is 2.69.